The molecule has 0 aliphatic heterocycles. The molecule has 0 amide bonds. The first kappa shape index (κ1) is 19.8. The van der Waals surface area contributed by atoms with Crippen LogP contribution in [0.2, 0.25) is 0 Å². The first-order valence-corrected chi connectivity index (χ1v) is 11.4. The summed E-state index contributed by atoms with van der Waals surface area (Å²) in [5.41, 5.74) is 4.43. The highest BCUT2D eigenvalue weighted by atomic mass is 32.1. The Bertz CT molecular complexity index is 1800. The summed E-state index contributed by atoms with van der Waals surface area (Å²) in [6.07, 6.45) is 0. The summed E-state index contributed by atoms with van der Waals surface area (Å²) in [7, 11) is 1.93. The van der Waals surface area contributed by atoms with Crippen LogP contribution in [0.4, 0.5) is 0 Å². The molecule has 2 aromatic heterocycles. The van der Waals surface area contributed by atoms with Crippen LogP contribution in [0, 0.1) is 13.8 Å². The summed E-state index contributed by atoms with van der Waals surface area (Å²) in [6, 6.07) is 15.7. The van der Waals surface area contributed by atoms with Gasteiger partial charge in [-0.1, -0.05) is 35.8 Å². The fourth-order valence-electron chi connectivity index (χ4n) is 4.98. The Morgan fingerprint density at radius 2 is 1.52 bits per heavy atom. The van der Waals surface area contributed by atoms with E-state index in [1.807, 2.05) is 50.5 Å². The Hall–Kier alpha value is -3.84. The van der Waals surface area contributed by atoms with E-state index < -0.39 is 17.2 Å². The van der Waals surface area contributed by atoms with Gasteiger partial charge < -0.3 is 25.0 Å². The van der Waals surface area contributed by atoms with Crippen LogP contribution in [0.1, 0.15) is 11.1 Å². The fraction of sp³-hybridized carbons (Fsp3) is 0.0769. The standard InChI is InChI=1S/C26H20BNO4S/c1-11-19-20-16(10-17(29)24(31)25(20)32)28(22(19)23(30)12(2)21(11)27)15-8-5-7-14-13-6-3-4-9-18(13)33-26(14)15/h3-10,29-32H,27H2,1-2H3. The molecule has 2 heterocycles. The van der Waals surface area contributed by atoms with Gasteiger partial charge in [0.1, 0.15) is 13.6 Å². The molecule has 0 spiro atoms. The van der Waals surface area contributed by atoms with E-state index >= 15 is 0 Å². The quantitative estimate of drug-likeness (QED) is 0.212. The van der Waals surface area contributed by atoms with Crippen molar-refractivity contribution in [3.63, 3.8) is 0 Å². The van der Waals surface area contributed by atoms with Gasteiger partial charge in [0.15, 0.2) is 11.5 Å². The van der Waals surface area contributed by atoms with Crippen molar-refractivity contribution in [2.75, 3.05) is 0 Å². The molecule has 0 aliphatic carbocycles. The molecule has 0 atom stereocenters. The monoisotopic (exact) mass is 453 g/mol. The lowest BCUT2D eigenvalue weighted by Gasteiger charge is -2.14. The maximum Gasteiger partial charge on any atom is 0.201 e. The number of nitrogens with zero attached hydrogens (tertiary/aromatic N) is 1. The number of hydrogen-bond donors (Lipinski definition) is 4. The third-order valence-electron chi connectivity index (χ3n) is 6.89. The summed E-state index contributed by atoms with van der Waals surface area (Å²) >= 11 is 1.66. The van der Waals surface area contributed by atoms with Crippen molar-refractivity contribution in [2.24, 2.45) is 0 Å². The van der Waals surface area contributed by atoms with Crippen LogP contribution in [-0.4, -0.2) is 32.8 Å². The number of phenols is 4. The molecular formula is C26H20BNO4S. The largest absolute Gasteiger partial charge is 0.505 e. The lowest BCUT2D eigenvalue weighted by atomic mass is 9.84. The lowest BCUT2D eigenvalue weighted by Crippen LogP contribution is -2.12. The first-order valence-electron chi connectivity index (χ1n) is 10.6. The van der Waals surface area contributed by atoms with Gasteiger partial charge in [-0.2, -0.15) is 0 Å². The number of benzene rings is 4. The van der Waals surface area contributed by atoms with Gasteiger partial charge in [0.2, 0.25) is 5.75 Å². The van der Waals surface area contributed by atoms with E-state index in [0.717, 1.165) is 42.4 Å². The molecule has 6 rings (SSSR count). The van der Waals surface area contributed by atoms with E-state index in [1.54, 1.807) is 11.3 Å². The van der Waals surface area contributed by atoms with Crippen molar-refractivity contribution >= 4 is 66.6 Å². The van der Waals surface area contributed by atoms with Gasteiger partial charge in [-0.15, -0.1) is 11.3 Å². The van der Waals surface area contributed by atoms with E-state index in [9.17, 15) is 20.4 Å². The van der Waals surface area contributed by atoms with E-state index in [4.69, 9.17) is 0 Å². The smallest absolute Gasteiger partial charge is 0.201 e. The van der Waals surface area contributed by atoms with Crippen LogP contribution in [0.3, 0.4) is 0 Å². The Morgan fingerprint density at radius 3 is 2.30 bits per heavy atom. The van der Waals surface area contributed by atoms with Crippen LogP contribution in [-0.2, 0) is 0 Å². The number of aromatic nitrogens is 1. The topological polar surface area (TPSA) is 85.8 Å². The highest BCUT2D eigenvalue weighted by Crippen LogP contribution is 2.50. The van der Waals surface area contributed by atoms with E-state index in [1.165, 1.54) is 6.07 Å². The summed E-state index contributed by atoms with van der Waals surface area (Å²) in [5.74, 6) is -1.28. The molecule has 0 radical (unpaired) electrons. The number of hydrogen-bond acceptors (Lipinski definition) is 5. The number of aromatic hydroxyl groups is 4. The Labute approximate surface area is 193 Å². The first-order chi connectivity index (χ1) is 15.8. The number of fused-ring (bicyclic) bond motifs is 6. The van der Waals surface area contributed by atoms with E-state index in [-0.39, 0.29) is 5.75 Å². The SMILES string of the molecule is Bc1c(C)c(O)c2c(c1C)c1c(O)c(O)c(O)cc1n2-c1cccc2c1sc1ccccc12. The van der Waals surface area contributed by atoms with E-state index in [2.05, 4.69) is 18.2 Å². The lowest BCUT2D eigenvalue weighted by molar-refractivity contribution is 0.371. The van der Waals surface area contributed by atoms with Crippen molar-refractivity contribution < 1.29 is 20.4 Å². The van der Waals surface area contributed by atoms with Crippen LogP contribution in [0.25, 0.3) is 47.7 Å². The predicted molar refractivity (Wildman–Crippen MR) is 138 cm³/mol. The highest BCUT2D eigenvalue weighted by molar-refractivity contribution is 7.26. The number of thiophene rings is 1. The molecule has 6 aromatic rings. The molecule has 4 aromatic carbocycles. The summed E-state index contributed by atoms with van der Waals surface area (Å²) in [5, 5.41) is 46.2. The Balaban J connectivity index is 1.93. The molecule has 0 saturated heterocycles. The zero-order chi connectivity index (χ0) is 23.2. The zero-order valence-electron chi connectivity index (χ0n) is 18.3. The van der Waals surface area contributed by atoms with Crippen molar-refractivity contribution in [3.05, 3.63) is 59.7 Å². The normalized spacial score (nSPS) is 11.9. The van der Waals surface area contributed by atoms with Gasteiger partial charge >= 0.3 is 0 Å². The minimum Gasteiger partial charge on any atom is -0.505 e. The molecular weight excluding hydrogens is 433 g/mol. The van der Waals surface area contributed by atoms with Crippen LogP contribution in [0.5, 0.6) is 23.0 Å². The summed E-state index contributed by atoms with van der Waals surface area (Å²) in [4.78, 5) is 0. The molecule has 0 bridgehead atoms. The Morgan fingerprint density at radius 1 is 0.788 bits per heavy atom. The van der Waals surface area contributed by atoms with Crippen molar-refractivity contribution in [1.29, 1.82) is 0 Å². The van der Waals surface area contributed by atoms with Gasteiger partial charge in [0.25, 0.3) is 0 Å². The second-order valence-corrected chi connectivity index (χ2v) is 9.57. The van der Waals surface area contributed by atoms with Gasteiger partial charge in [-0.25, -0.2) is 0 Å². The molecule has 0 aliphatic rings. The minimum atomic E-state index is -0.571. The maximum atomic E-state index is 11.3. The fourth-order valence-corrected chi connectivity index (χ4v) is 6.18. The van der Waals surface area contributed by atoms with Gasteiger partial charge in [-0.05, 0) is 37.1 Å². The van der Waals surface area contributed by atoms with Crippen molar-refractivity contribution in [3.8, 4) is 28.7 Å². The minimum absolute atomic E-state index is 0.112. The second-order valence-electron chi connectivity index (χ2n) is 8.52. The maximum absolute atomic E-state index is 11.3. The van der Waals surface area contributed by atoms with Crippen molar-refractivity contribution in [2.45, 2.75) is 13.8 Å². The van der Waals surface area contributed by atoms with Crippen molar-refractivity contribution in [1.82, 2.24) is 4.57 Å². The molecule has 0 unspecified atom stereocenters. The van der Waals surface area contributed by atoms with Crippen LogP contribution < -0.4 is 5.46 Å². The Kier molecular flexibility index (Phi) is 3.96. The molecule has 5 nitrogen and oxygen atoms in total. The number of aryl methyl sites for hydroxylation is 1. The molecule has 33 heavy (non-hydrogen) atoms. The third-order valence-corrected chi connectivity index (χ3v) is 8.10. The van der Waals surface area contributed by atoms with Crippen LogP contribution in [0.15, 0.2) is 48.5 Å². The average Bonchev–Trinajstić information content (AvgIpc) is 3.36. The predicted octanol–water partition coefficient (Wildman–Crippen LogP) is 4.85. The zero-order valence-corrected chi connectivity index (χ0v) is 19.1. The summed E-state index contributed by atoms with van der Waals surface area (Å²) < 4.78 is 4.06. The highest BCUT2D eigenvalue weighted by Gasteiger charge is 2.26. The number of rotatable bonds is 1. The van der Waals surface area contributed by atoms with Gasteiger partial charge in [-0.3, -0.25) is 0 Å². The van der Waals surface area contributed by atoms with Crippen LogP contribution >= 0.6 is 11.3 Å². The van der Waals surface area contributed by atoms with E-state index in [0.29, 0.717) is 21.8 Å². The molecule has 0 fully saturated rings. The summed E-state index contributed by atoms with van der Waals surface area (Å²) in [6.45, 7) is 3.81. The number of phenolic OH excluding ortho intramolecular Hbond substituents is 4. The molecule has 7 heteroatoms. The average molecular weight is 453 g/mol. The molecule has 0 saturated carbocycles. The third kappa shape index (κ3) is 2.43. The second kappa shape index (κ2) is 6.59. The van der Waals surface area contributed by atoms with Gasteiger partial charge in [0, 0.05) is 26.9 Å². The molecule has 4 N–H and O–H groups in total. The van der Waals surface area contributed by atoms with Gasteiger partial charge in [0.05, 0.1) is 26.8 Å². The molecule has 162 valence electrons.